The zero-order chi connectivity index (χ0) is 15.3. The third kappa shape index (κ3) is 6.26. The predicted octanol–water partition coefficient (Wildman–Crippen LogP) is 2.61. The molecule has 116 valence electrons. The van der Waals surface area contributed by atoms with Gasteiger partial charge in [-0.15, -0.1) is 0 Å². The Balaban J connectivity index is 2.26. The molecule has 20 heavy (non-hydrogen) atoms. The van der Waals surface area contributed by atoms with Crippen molar-refractivity contribution in [3.05, 3.63) is 0 Å². The molecule has 1 aliphatic rings. The maximum Gasteiger partial charge on any atom is 0.315 e. The SMILES string of the molecule is CC1CC1NC(=O)NCCC(CCC(=O)O)C(C)(C)C. The fourth-order valence-corrected chi connectivity index (χ4v) is 2.41. The summed E-state index contributed by atoms with van der Waals surface area (Å²) >= 11 is 0. The Morgan fingerprint density at radius 2 is 1.90 bits per heavy atom. The van der Waals surface area contributed by atoms with E-state index in [-0.39, 0.29) is 17.9 Å². The maximum atomic E-state index is 11.6. The fraction of sp³-hybridized carbons (Fsp3) is 0.867. The van der Waals surface area contributed by atoms with Gasteiger partial charge >= 0.3 is 12.0 Å². The highest BCUT2D eigenvalue weighted by Gasteiger charge is 2.33. The summed E-state index contributed by atoms with van der Waals surface area (Å²) in [6.07, 6.45) is 2.72. The van der Waals surface area contributed by atoms with Crippen LogP contribution >= 0.6 is 0 Å². The van der Waals surface area contributed by atoms with Gasteiger partial charge < -0.3 is 15.7 Å². The first-order chi connectivity index (χ1) is 9.20. The smallest absolute Gasteiger partial charge is 0.315 e. The highest BCUT2D eigenvalue weighted by Crippen LogP contribution is 2.32. The molecule has 0 aliphatic heterocycles. The van der Waals surface area contributed by atoms with Crippen molar-refractivity contribution < 1.29 is 14.7 Å². The average molecular weight is 284 g/mol. The predicted molar refractivity (Wildman–Crippen MR) is 78.5 cm³/mol. The van der Waals surface area contributed by atoms with Crippen molar-refractivity contribution in [1.82, 2.24) is 10.6 Å². The van der Waals surface area contributed by atoms with Crippen molar-refractivity contribution >= 4 is 12.0 Å². The minimum Gasteiger partial charge on any atom is -0.481 e. The van der Waals surface area contributed by atoms with Crippen molar-refractivity contribution in [1.29, 1.82) is 0 Å². The first kappa shape index (κ1) is 16.8. The summed E-state index contributed by atoms with van der Waals surface area (Å²) in [6, 6.07) is 0.227. The van der Waals surface area contributed by atoms with Crippen molar-refractivity contribution in [3.63, 3.8) is 0 Å². The molecular weight excluding hydrogens is 256 g/mol. The zero-order valence-corrected chi connectivity index (χ0v) is 13.0. The van der Waals surface area contributed by atoms with Gasteiger partial charge in [0.15, 0.2) is 0 Å². The number of amides is 2. The zero-order valence-electron chi connectivity index (χ0n) is 13.0. The Hall–Kier alpha value is -1.26. The molecule has 0 bridgehead atoms. The molecule has 0 aromatic rings. The monoisotopic (exact) mass is 284 g/mol. The summed E-state index contributed by atoms with van der Waals surface area (Å²) in [5.41, 5.74) is 0.0542. The van der Waals surface area contributed by atoms with E-state index in [4.69, 9.17) is 5.11 Å². The van der Waals surface area contributed by atoms with Crippen LogP contribution in [0.3, 0.4) is 0 Å². The molecule has 3 N–H and O–H groups in total. The first-order valence-electron chi connectivity index (χ1n) is 7.46. The molecule has 1 rings (SSSR count). The second-order valence-corrected chi connectivity index (χ2v) is 7.00. The van der Waals surface area contributed by atoms with Crippen molar-refractivity contribution in [2.45, 2.75) is 59.4 Å². The Kier molecular flexibility index (Phi) is 5.84. The number of urea groups is 1. The van der Waals surface area contributed by atoms with Crippen LogP contribution in [-0.2, 0) is 4.79 Å². The second-order valence-electron chi connectivity index (χ2n) is 7.00. The van der Waals surface area contributed by atoms with Gasteiger partial charge in [0.25, 0.3) is 0 Å². The summed E-state index contributed by atoms with van der Waals surface area (Å²) in [6.45, 7) is 9.06. The van der Waals surface area contributed by atoms with E-state index in [1.54, 1.807) is 0 Å². The molecular formula is C15H28N2O3. The van der Waals surface area contributed by atoms with Gasteiger partial charge in [0, 0.05) is 19.0 Å². The number of hydrogen-bond donors (Lipinski definition) is 3. The summed E-state index contributed by atoms with van der Waals surface area (Å²) in [5, 5.41) is 14.6. The number of carboxylic acid groups (broad SMARTS) is 1. The Bertz CT molecular complexity index is 350. The lowest BCUT2D eigenvalue weighted by Crippen LogP contribution is -2.39. The highest BCUT2D eigenvalue weighted by atomic mass is 16.4. The fourth-order valence-electron chi connectivity index (χ4n) is 2.41. The van der Waals surface area contributed by atoms with Gasteiger partial charge in [-0.1, -0.05) is 27.7 Å². The molecule has 0 aromatic heterocycles. The molecule has 0 spiro atoms. The van der Waals surface area contributed by atoms with Gasteiger partial charge in [0.05, 0.1) is 0 Å². The summed E-state index contributed by atoms with van der Waals surface area (Å²) < 4.78 is 0. The van der Waals surface area contributed by atoms with Crippen LogP contribution in [0.2, 0.25) is 0 Å². The van der Waals surface area contributed by atoms with Crippen LogP contribution in [0.15, 0.2) is 0 Å². The lowest BCUT2D eigenvalue weighted by atomic mass is 9.76. The van der Waals surface area contributed by atoms with Crippen LogP contribution in [0.1, 0.15) is 53.4 Å². The van der Waals surface area contributed by atoms with Crippen molar-refractivity contribution in [2.75, 3.05) is 6.54 Å². The summed E-state index contributed by atoms with van der Waals surface area (Å²) in [7, 11) is 0. The number of carbonyl (C=O) groups excluding carboxylic acids is 1. The normalized spacial score (nSPS) is 23.0. The van der Waals surface area contributed by atoms with Crippen LogP contribution in [0.5, 0.6) is 0 Å². The number of aliphatic carboxylic acids is 1. The molecule has 1 aliphatic carbocycles. The largest absolute Gasteiger partial charge is 0.481 e. The van der Waals surface area contributed by atoms with E-state index < -0.39 is 5.97 Å². The van der Waals surface area contributed by atoms with Gasteiger partial charge in [0.1, 0.15) is 0 Å². The first-order valence-corrected chi connectivity index (χ1v) is 7.46. The van der Waals surface area contributed by atoms with Gasteiger partial charge in [0.2, 0.25) is 0 Å². The van der Waals surface area contributed by atoms with E-state index in [0.717, 1.165) is 12.8 Å². The molecule has 0 aromatic carbocycles. The van der Waals surface area contributed by atoms with Gasteiger partial charge in [-0.2, -0.15) is 0 Å². The Labute approximate surface area is 121 Å². The van der Waals surface area contributed by atoms with Gasteiger partial charge in [-0.3, -0.25) is 4.79 Å². The molecule has 0 radical (unpaired) electrons. The summed E-state index contributed by atoms with van der Waals surface area (Å²) in [4.78, 5) is 22.3. The Morgan fingerprint density at radius 1 is 1.30 bits per heavy atom. The molecule has 0 heterocycles. The van der Waals surface area contributed by atoms with Crippen molar-refractivity contribution in [3.8, 4) is 0 Å². The van der Waals surface area contributed by atoms with E-state index in [1.807, 2.05) is 0 Å². The molecule has 2 amide bonds. The van der Waals surface area contributed by atoms with Crippen LogP contribution in [0, 0.1) is 17.3 Å². The van der Waals surface area contributed by atoms with E-state index in [0.29, 0.717) is 30.8 Å². The van der Waals surface area contributed by atoms with Crippen LogP contribution in [0.25, 0.3) is 0 Å². The van der Waals surface area contributed by atoms with Crippen LogP contribution in [-0.4, -0.2) is 29.7 Å². The topological polar surface area (TPSA) is 78.4 Å². The minimum atomic E-state index is -0.757. The lowest BCUT2D eigenvalue weighted by molar-refractivity contribution is -0.137. The minimum absolute atomic E-state index is 0.0542. The van der Waals surface area contributed by atoms with E-state index in [9.17, 15) is 9.59 Å². The maximum absolute atomic E-state index is 11.6. The third-order valence-electron chi connectivity index (χ3n) is 4.14. The van der Waals surface area contributed by atoms with Crippen LogP contribution in [0.4, 0.5) is 4.79 Å². The number of carbonyl (C=O) groups is 2. The summed E-state index contributed by atoms with van der Waals surface area (Å²) in [5.74, 6) is 0.130. The molecule has 5 nitrogen and oxygen atoms in total. The van der Waals surface area contributed by atoms with E-state index >= 15 is 0 Å². The average Bonchev–Trinajstić information content (AvgIpc) is 2.96. The number of nitrogens with one attached hydrogen (secondary N) is 2. The molecule has 1 fully saturated rings. The van der Waals surface area contributed by atoms with E-state index in [2.05, 4.69) is 38.3 Å². The third-order valence-corrected chi connectivity index (χ3v) is 4.14. The number of carboxylic acids is 1. The quantitative estimate of drug-likeness (QED) is 0.672. The van der Waals surface area contributed by atoms with E-state index in [1.165, 1.54) is 0 Å². The Morgan fingerprint density at radius 3 is 2.35 bits per heavy atom. The van der Waals surface area contributed by atoms with Gasteiger partial charge in [-0.05, 0) is 36.5 Å². The standard InChI is InChI=1S/C15H28N2O3/c1-10-9-12(10)17-14(20)16-8-7-11(15(2,3)4)5-6-13(18)19/h10-12H,5-9H2,1-4H3,(H,18,19)(H2,16,17,20). The molecule has 1 saturated carbocycles. The highest BCUT2D eigenvalue weighted by molar-refractivity contribution is 5.74. The number of rotatable bonds is 7. The van der Waals surface area contributed by atoms with Crippen molar-refractivity contribution in [2.24, 2.45) is 17.3 Å². The molecule has 3 atom stereocenters. The van der Waals surface area contributed by atoms with Gasteiger partial charge in [-0.25, -0.2) is 4.79 Å². The molecule has 5 heteroatoms. The number of hydrogen-bond acceptors (Lipinski definition) is 2. The van der Waals surface area contributed by atoms with Crippen LogP contribution < -0.4 is 10.6 Å². The molecule has 3 unspecified atom stereocenters. The molecule has 0 saturated heterocycles. The lowest BCUT2D eigenvalue weighted by Gasteiger charge is -2.30. The second kappa shape index (κ2) is 6.95.